The van der Waals surface area contributed by atoms with Gasteiger partial charge in [0.2, 0.25) is 12.1 Å². The predicted molar refractivity (Wildman–Crippen MR) is 252 cm³/mol. The van der Waals surface area contributed by atoms with Crippen LogP contribution in [0.25, 0.3) is 0 Å². The molecule has 20 heteroatoms. The highest BCUT2D eigenvalue weighted by atomic mass is 35.5. The third kappa shape index (κ3) is 12.5. The number of alkyl halides is 2. The van der Waals surface area contributed by atoms with Gasteiger partial charge in [-0.05, 0) is 99.5 Å². The lowest BCUT2D eigenvalue weighted by Gasteiger charge is -2.15. The molecule has 5 aromatic carbocycles. The van der Waals surface area contributed by atoms with Gasteiger partial charge >= 0.3 is 0 Å². The Hall–Kier alpha value is -5.74. The Kier molecular flexibility index (Phi) is 17.1. The van der Waals surface area contributed by atoms with Gasteiger partial charge in [-0.15, -0.1) is 23.2 Å². The van der Waals surface area contributed by atoms with Crippen molar-refractivity contribution in [2.75, 3.05) is 21.3 Å². The molecular weight excluding hydrogens is 949 g/mol. The summed E-state index contributed by atoms with van der Waals surface area (Å²) < 4.78 is 0. The molecule has 4 amide bonds. The van der Waals surface area contributed by atoms with Gasteiger partial charge in [-0.1, -0.05) is 82.8 Å². The van der Waals surface area contributed by atoms with Crippen molar-refractivity contribution >= 4 is 139 Å². The van der Waals surface area contributed by atoms with Crippen LogP contribution in [0.3, 0.4) is 0 Å². The maximum Gasteiger partial charge on any atom is 0.258 e. The predicted octanol–water partition coefficient (Wildman–Crippen LogP) is 12.8. The number of hydrogen-bond donors (Lipinski definition) is 4. The molecule has 5 aromatic rings. The second-order valence-electron chi connectivity index (χ2n) is 13.9. The molecule has 5 rings (SSSR count). The maximum atomic E-state index is 13.3. The van der Waals surface area contributed by atoms with Gasteiger partial charge in [0.25, 0.3) is 23.6 Å². The van der Waals surface area contributed by atoms with Gasteiger partial charge in [-0.25, -0.2) is 0 Å². The zero-order valence-electron chi connectivity index (χ0n) is 34.1. The van der Waals surface area contributed by atoms with Gasteiger partial charge in [-0.2, -0.15) is 20.5 Å². The SMILES string of the molecule is CC(=O)C(N=Nc1cccc(C(=O)Nc2ccc(C(C)Cl)cc2)c1Cl)C(=O)Nc1ccc(NC(=O)C(N=Nc2cccc(C(=O)Nc3ccc(C(C)Cl)cc3)c2Cl)C(C)=O)c(Cl)c1Cl. The van der Waals surface area contributed by atoms with Crippen LogP contribution in [0.1, 0.15) is 70.3 Å². The number of benzene rings is 5. The van der Waals surface area contributed by atoms with Gasteiger partial charge < -0.3 is 21.3 Å². The van der Waals surface area contributed by atoms with Crippen molar-refractivity contribution in [2.24, 2.45) is 20.5 Å². The molecule has 0 aliphatic rings. The Labute approximate surface area is 397 Å². The molecule has 0 aromatic heterocycles. The average Bonchev–Trinajstić information content (AvgIpc) is 3.24. The second-order valence-corrected chi connectivity index (χ2v) is 16.7. The number of azo groups is 2. The fourth-order valence-corrected chi connectivity index (χ4v) is 6.84. The number of amides is 4. The Morgan fingerprint density at radius 2 is 0.812 bits per heavy atom. The summed E-state index contributed by atoms with van der Waals surface area (Å²) in [4.78, 5) is 77.9. The molecule has 0 heterocycles. The van der Waals surface area contributed by atoms with Crippen molar-refractivity contribution in [3.63, 3.8) is 0 Å². The van der Waals surface area contributed by atoms with Crippen LogP contribution in [0.15, 0.2) is 118 Å². The number of carbonyl (C=O) groups excluding carboxylic acids is 6. The van der Waals surface area contributed by atoms with E-state index in [-0.39, 0.29) is 64.7 Å². The van der Waals surface area contributed by atoms with Crippen LogP contribution < -0.4 is 21.3 Å². The van der Waals surface area contributed by atoms with E-state index in [0.29, 0.717) is 11.4 Å². The number of rotatable bonds is 16. The van der Waals surface area contributed by atoms with Gasteiger partial charge in [0, 0.05) is 11.4 Å². The van der Waals surface area contributed by atoms with Crippen molar-refractivity contribution < 1.29 is 28.8 Å². The van der Waals surface area contributed by atoms with E-state index >= 15 is 0 Å². The van der Waals surface area contributed by atoms with Crippen LogP contribution in [0, 0.1) is 0 Å². The first kappa shape index (κ1) is 49.3. The number of halogens is 6. The molecule has 4 unspecified atom stereocenters. The Bertz CT molecular complexity index is 2490. The molecule has 0 saturated heterocycles. The average molecular weight is 986 g/mol. The van der Waals surface area contributed by atoms with Crippen LogP contribution in [0.5, 0.6) is 0 Å². The third-order valence-electron chi connectivity index (χ3n) is 9.13. The summed E-state index contributed by atoms with van der Waals surface area (Å²) in [6.07, 6.45) is 0. The van der Waals surface area contributed by atoms with E-state index in [1.807, 2.05) is 13.8 Å². The third-order valence-corrected chi connectivity index (χ3v) is 11.3. The van der Waals surface area contributed by atoms with E-state index < -0.39 is 47.3 Å². The zero-order valence-corrected chi connectivity index (χ0v) is 38.6. The Morgan fingerprint density at radius 3 is 1.12 bits per heavy atom. The minimum atomic E-state index is -1.69. The highest BCUT2D eigenvalue weighted by Crippen LogP contribution is 2.37. The largest absolute Gasteiger partial charge is 0.322 e. The van der Waals surface area contributed by atoms with Crippen molar-refractivity contribution in [3.8, 4) is 0 Å². The number of hydrogen-bond acceptors (Lipinski definition) is 10. The van der Waals surface area contributed by atoms with Crippen molar-refractivity contribution in [2.45, 2.75) is 50.5 Å². The molecule has 4 N–H and O–H groups in total. The number of anilines is 4. The number of carbonyl (C=O) groups is 6. The topological polar surface area (TPSA) is 200 Å². The summed E-state index contributed by atoms with van der Waals surface area (Å²) in [7, 11) is 0. The molecule has 0 radical (unpaired) electrons. The fourth-order valence-electron chi connectivity index (χ4n) is 5.63. The van der Waals surface area contributed by atoms with Gasteiger partial charge in [-0.3, -0.25) is 28.8 Å². The Balaban J connectivity index is 1.25. The highest BCUT2D eigenvalue weighted by Gasteiger charge is 2.28. The lowest BCUT2D eigenvalue weighted by atomic mass is 10.1. The van der Waals surface area contributed by atoms with E-state index in [9.17, 15) is 28.8 Å². The molecule has 0 aliphatic carbocycles. The summed E-state index contributed by atoms with van der Waals surface area (Å²) in [5, 5.41) is 25.1. The molecule has 4 atom stereocenters. The van der Waals surface area contributed by atoms with E-state index in [2.05, 4.69) is 41.7 Å². The lowest BCUT2D eigenvalue weighted by Crippen LogP contribution is -2.32. The minimum Gasteiger partial charge on any atom is -0.322 e. The normalized spacial score (nSPS) is 13.2. The number of Topliss-reactive ketones (excluding diaryl/α,β-unsaturated/α-hetero) is 2. The molecule has 330 valence electrons. The molecule has 64 heavy (non-hydrogen) atoms. The molecule has 0 spiro atoms. The summed E-state index contributed by atoms with van der Waals surface area (Å²) in [5.74, 6) is -4.38. The quantitative estimate of drug-likeness (QED) is 0.0430. The number of ketones is 2. The highest BCUT2D eigenvalue weighted by molar-refractivity contribution is 6.46. The van der Waals surface area contributed by atoms with E-state index in [0.717, 1.165) is 25.0 Å². The molecular formula is C44H36Cl6N8O6. The summed E-state index contributed by atoms with van der Waals surface area (Å²) in [5.41, 5.74) is 2.71. The van der Waals surface area contributed by atoms with Crippen LogP contribution in [-0.4, -0.2) is 47.3 Å². The van der Waals surface area contributed by atoms with E-state index in [1.54, 1.807) is 48.5 Å². The van der Waals surface area contributed by atoms with Crippen molar-refractivity contribution in [3.05, 3.63) is 139 Å². The maximum absolute atomic E-state index is 13.3. The zero-order chi connectivity index (χ0) is 46.8. The smallest absolute Gasteiger partial charge is 0.258 e. The monoisotopic (exact) mass is 982 g/mol. The Morgan fingerprint density at radius 1 is 0.469 bits per heavy atom. The van der Waals surface area contributed by atoms with Crippen LogP contribution in [-0.2, 0) is 19.2 Å². The van der Waals surface area contributed by atoms with Crippen LogP contribution >= 0.6 is 69.6 Å². The molecule has 0 aliphatic heterocycles. The number of nitrogens with one attached hydrogen (secondary N) is 4. The fraction of sp³-hybridized carbons (Fsp3) is 0.182. The van der Waals surface area contributed by atoms with Gasteiger partial charge in [0.15, 0.2) is 11.6 Å². The standard InChI is InChI=1S/C44H36Cl6N8O6/c1-21(45)25-11-15-27(16-12-25)51-41(61)29-7-5-9-33(35(29)47)55-57-39(23(3)59)43(63)53-31-19-20-32(38(50)37(31)49)54-44(64)40(24(4)60)58-56-34-10-6-8-30(36(34)48)42(62)52-28-17-13-26(14-18-28)22(2)46/h5-22,39-40H,1-4H3,(H,51,61)(H,52,62)(H,53,63)(H,54,64). The van der Waals surface area contributed by atoms with Gasteiger partial charge in [0.05, 0.1) is 53.3 Å². The molecule has 0 fully saturated rings. The first-order chi connectivity index (χ1) is 30.4. The van der Waals surface area contributed by atoms with Crippen molar-refractivity contribution in [1.29, 1.82) is 0 Å². The second kappa shape index (κ2) is 22.2. The first-order valence-electron chi connectivity index (χ1n) is 19.0. The van der Waals surface area contributed by atoms with E-state index in [4.69, 9.17) is 69.6 Å². The van der Waals surface area contributed by atoms with Crippen LogP contribution in [0.4, 0.5) is 34.1 Å². The molecule has 0 bridgehead atoms. The summed E-state index contributed by atoms with van der Waals surface area (Å²) >= 11 is 38.2. The number of nitrogens with zero attached hydrogens (tertiary/aromatic N) is 4. The molecule has 0 saturated carbocycles. The summed E-state index contributed by atoms with van der Waals surface area (Å²) in [6, 6.07) is 21.9. The van der Waals surface area contributed by atoms with Gasteiger partial charge in [0.1, 0.15) is 11.4 Å². The van der Waals surface area contributed by atoms with Crippen LogP contribution in [0.2, 0.25) is 20.1 Å². The lowest BCUT2D eigenvalue weighted by molar-refractivity contribution is -0.127. The molecule has 14 nitrogen and oxygen atoms in total. The minimum absolute atomic E-state index is 0.00358. The van der Waals surface area contributed by atoms with E-state index in [1.165, 1.54) is 48.5 Å². The first-order valence-corrected chi connectivity index (χ1v) is 21.3. The summed E-state index contributed by atoms with van der Waals surface area (Å²) in [6.45, 7) is 5.88. The van der Waals surface area contributed by atoms with Crippen molar-refractivity contribution in [1.82, 2.24) is 0 Å².